The average Bonchev–Trinajstić information content (AvgIpc) is 2.24. The van der Waals surface area contributed by atoms with Crippen molar-refractivity contribution in [1.82, 2.24) is 0 Å². The lowest BCUT2D eigenvalue weighted by Gasteiger charge is -2.21. The molecule has 94 valence electrons. The Morgan fingerprint density at radius 1 is 1.41 bits per heavy atom. The summed E-state index contributed by atoms with van der Waals surface area (Å²) in [5.74, 6) is 0.314. The standard InChI is InChI=1S/C12H16BrNO3/c1-12(2,11(15)16-3)7-17-10-5-8(13)4-9(14)6-10/h4-6H,7,14H2,1-3H3. The Labute approximate surface area is 109 Å². The van der Waals surface area contributed by atoms with Crippen molar-refractivity contribution in [2.24, 2.45) is 5.41 Å². The van der Waals surface area contributed by atoms with Gasteiger partial charge < -0.3 is 15.2 Å². The molecule has 0 radical (unpaired) electrons. The molecule has 0 spiro atoms. The SMILES string of the molecule is COC(=O)C(C)(C)COc1cc(N)cc(Br)c1. The molecule has 0 bridgehead atoms. The van der Waals surface area contributed by atoms with E-state index in [1.165, 1.54) is 7.11 Å². The van der Waals surface area contributed by atoms with Crippen molar-refractivity contribution in [1.29, 1.82) is 0 Å². The quantitative estimate of drug-likeness (QED) is 0.686. The molecule has 0 saturated heterocycles. The number of hydrogen-bond acceptors (Lipinski definition) is 4. The van der Waals surface area contributed by atoms with Crippen LogP contribution < -0.4 is 10.5 Å². The molecule has 1 aromatic carbocycles. The van der Waals surface area contributed by atoms with E-state index in [4.69, 9.17) is 15.2 Å². The van der Waals surface area contributed by atoms with E-state index in [0.29, 0.717) is 11.4 Å². The summed E-state index contributed by atoms with van der Waals surface area (Å²) in [4.78, 5) is 11.5. The van der Waals surface area contributed by atoms with Gasteiger partial charge in [-0.2, -0.15) is 0 Å². The van der Waals surface area contributed by atoms with Crippen LogP contribution in [-0.2, 0) is 9.53 Å². The number of nitrogens with two attached hydrogens (primary N) is 1. The molecule has 0 atom stereocenters. The Balaban J connectivity index is 2.70. The van der Waals surface area contributed by atoms with E-state index >= 15 is 0 Å². The molecule has 2 N–H and O–H groups in total. The number of nitrogen functional groups attached to an aromatic ring is 1. The van der Waals surface area contributed by atoms with Crippen LogP contribution in [0.3, 0.4) is 0 Å². The number of rotatable bonds is 4. The molecule has 0 amide bonds. The van der Waals surface area contributed by atoms with Crippen LogP contribution in [-0.4, -0.2) is 19.7 Å². The Kier molecular flexibility index (Phi) is 4.40. The number of carbonyl (C=O) groups excluding carboxylic acids is 1. The fraction of sp³-hybridized carbons (Fsp3) is 0.417. The number of hydrogen-bond donors (Lipinski definition) is 1. The van der Waals surface area contributed by atoms with Gasteiger partial charge in [0.1, 0.15) is 12.4 Å². The lowest BCUT2D eigenvalue weighted by atomic mass is 9.95. The first kappa shape index (κ1) is 13.8. The fourth-order valence-corrected chi connectivity index (χ4v) is 1.76. The van der Waals surface area contributed by atoms with Crippen molar-refractivity contribution in [3.8, 4) is 5.75 Å². The highest BCUT2D eigenvalue weighted by Gasteiger charge is 2.29. The topological polar surface area (TPSA) is 61.5 Å². The number of anilines is 1. The first-order valence-corrected chi connectivity index (χ1v) is 5.92. The van der Waals surface area contributed by atoms with E-state index in [0.717, 1.165) is 4.47 Å². The summed E-state index contributed by atoms with van der Waals surface area (Å²) in [7, 11) is 1.36. The monoisotopic (exact) mass is 301 g/mol. The van der Waals surface area contributed by atoms with Crippen molar-refractivity contribution in [3.05, 3.63) is 22.7 Å². The zero-order valence-electron chi connectivity index (χ0n) is 10.1. The fourth-order valence-electron chi connectivity index (χ4n) is 1.27. The van der Waals surface area contributed by atoms with E-state index in [9.17, 15) is 4.79 Å². The van der Waals surface area contributed by atoms with Crippen molar-refractivity contribution in [2.45, 2.75) is 13.8 Å². The minimum absolute atomic E-state index is 0.232. The number of ether oxygens (including phenoxy) is 2. The van der Waals surface area contributed by atoms with Crippen LogP contribution in [0.25, 0.3) is 0 Å². The smallest absolute Gasteiger partial charge is 0.314 e. The van der Waals surface area contributed by atoms with Crippen molar-refractivity contribution in [3.63, 3.8) is 0 Å². The Hall–Kier alpha value is -1.23. The molecule has 0 aliphatic carbocycles. The molecule has 0 saturated carbocycles. The van der Waals surface area contributed by atoms with E-state index < -0.39 is 5.41 Å². The molecule has 17 heavy (non-hydrogen) atoms. The number of methoxy groups -OCH3 is 1. The van der Waals surface area contributed by atoms with Gasteiger partial charge in [0.05, 0.1) is 12.5 Å². The molecule has 0 aromatic heterocycles. The Morgan fingerprint density at radius 3 is 2.59 bits per heavy atom. The van der Waals surface area contributed by atoms with Crippen molar-refractivity contribution >= 4 is 27.6 Å². The van der Waals surface area contributed by atoms with Crippen LogP contribution in [0, 0.1) is 5.41 Å². The first-order chi connectivity index (χ1) is 7.85. The van der Waals surface area contributed by atoms with Crippen molar-refractivity contribution < 1.29 is 14.3 Å². The van der Waals surface area contributed by atoms with Crippen LogP contribution in [0.2, 0.25) is 0 Å². The van der Waals surface area contributed by atoms with E-state index in [1.54, 1.807) is 32.0 Å². The van der Waals surface area contributed by atoms with Crippen LogP contribution in [0.15, 0.2) is 22.7 Å². The third-order valence-corrected chi connectivity index (χ3v) is 2.69. The lowest BCUT2D eigenvalue weighted by Crippen LogP contribution is -2.32. The van der Waals surface area contributed by atoms with Gasteiger partial charge in [0, 0.05) is 16.2 Å². The van der Waals surface area contributed by atoms with Crippen LogP contribution in [0.4, 0.5) is 5.69 Å². The minimum atomic E-state index is -0.689. The van der Waals surface area contributed by atoms with E-state index in [2.05, 4.69) is 15.9 Å². The molecule has 1 aromatic rings. The largest absolute Gasteiger partial charge is 0.492 e. The van der Waals surface area contributed by atoms with Gasteiger partial charge in [-0.05, 0) is 26.0 Å². The number of esters is 1. The minimum Gasteiger partial charge on any atom is -0.492 e. The summed E-state index contributed by atoms with van der Waals surface area (Å²) in [6, 6.07) is 5.28. The van der Waals surface area contributed by atoms with Crippen molar-refractivity contribution in [2.75, 3.05) is 19.5 Å². The molecule has 0 fully saturated rings. The highest BCUT2D eigenvalue weighted by Crippen LogP contribution is 2.25. The third-order valence-electron chi connectivity index (χ3n) is 2.23. The molecule has 0 heterocycles. The molecule has 0 unspecified atom stereocenters. The predicted octanol–water partition coefficient (Wildman–Crippen LogP) is 2.61. The summed E-state index contributed by atoms with van der Waals surface area (Å²) in [6.07, 6.45) is 0. The zero-order chi connectivity index (χ0) is 13.1. The molecule has 5 heteroatoms. The van der Waals surface area contributed by atoms with Gasteiger partial charge in [0.25, 0.3) is 0 Å². The molecule has 0 aliphatic heterocycles. The average molecular weight is 302 g/mol. The van der Waals surface area contributed by atoms with Gasteiger partial charge >= 0.3 is 5.97 Å². The summed E-state index contributed by atoms with van der Waals surface area (Å²) in [6.45, 7) is 3.76. The summed E-state index contributed by atoms with van der Waals surface area (Å²) in [5.41, 5.74) is 5.60. The van der Waals surface area contributed by atoms with Gasteiger partial charge in [0.15, 0.2) is 0 Å². The van der Waals surface area contributed by atoms with Gasteiger partial charge in [-0.1, -0.05) is 15.9 Å². The third kappa shape index (κ3) is 3.93. The van der Waals surface area contributed by atoms with E-state index in [-0.39, 0.29) is 12.6 Å². The number of carbonyl (C=O) groups is 1. The second-order valence-corrected chi connectivity index (χ2v) is 5.30. The van der Waals surface area contributed by atoms with Crippen LogP contribution in [0.5, 0.6) is 5.75 Å². The predicted molar refractivity (Wildman–Crippen MR) is 69.8 cm³/mol. The second-order valence-electron chi connectivity index (χ2n) is 4.38. The molecule has 4 nitrogen and oxygen atoms in total. The van der Waals surface area contributed by atoms with Gasteiger partial charge in [-0.15, -0.1) is 0 Å². The number of halogens is 1. The van der Waals surface area contributed by atoms with Crippen LogP contribution >= 0.6 is 15.9 Å². The number of benzene rings is 1. The molecular formula is C12H16BrNO3. The van der Waals surface area contributed by atoms with Gasteiger partial charge in [-0.3, -0.25) is 4.79 Å². The Morgan fingerprint density at radius 2 is 2.06 bits per heavy atom. The summed E-state index contributed by atoms with van der Waals surface area (Å²) in [5, 5.41) is 0. The molecule has 1 rings (SSSR count). The molecular weight excluding hydrogens is 286 g/mol. The highest BCUT2D eigenvalue weighted by molar-refractivity contribution is 9.10. The van der Waals surface area contributed by atoms with Gasteiger partial charge in [-0.25, -0.2) is 0 Å². The summed E-state index contributed by atoms with van der Waals surface area (Å²) >= 11 is 3.32. The maximum Gasteiger partial charge on any atom is 0.314 e. The second kappa shape index (κ2) is 5.40. The Bertz CT molecular complexity index is 398. The normalized spacial score (nSPS) is 11.1. The maximum absolute atomic E-state index is 11.5. The molecule has 0 aliphatic rings. The van der Waals surface area contributed by atoms with Crippen LogP contribution in [0.1, 0.15) is 13.8 Å². The van der Waals surface area contributed by atoms with Gasteiger partial charge in [0.2, 0.25) is 0 Å². The zero-order valence-corrected chi connectivity index (χ0v) is 11.7. The summed E-state index contributed by atoms with van der Waals surface area (Å²) < 4.78 is 11.1. The maximum atomic E-state index is 11.5. The highest BCUT2D eigenvalue weighted by atomic mass is 79.9. The lowest BCUT2D eigenvalue weighted by molar-refractivity contribution is -0.152. The first-order valence-electron chi connectivity index (χ1n) is 5.12. The van der Waals surface area contributed by atoms with E-state index in [1.807, 2.05) is 0 Å².